The molecule has 2 aromatic heterocycles. The van der Waals surface area contributed by atoms with Gasteiger partial charge in [0.25, 0.3) is 0 Å². The fraction of sp³-hybridized carbons (Fsp3) is 0.455. The molecule has 0 aliphatic rings. The van der Waals surface area contributed by atoms with Crippen molar-refractivity contribution in [3.05, 3.63) is 16.7 Å². The molecule has 0 radical (unpaired) electrons. The van der Waals surface area contributed by atoms with Gasteiger partial charge in [-0.3, -0.25) is 8.78 Å². The van der Waals surface area contributed by atoms with Crippen LogP contribution in [0.2, 0.25) is 0 Å². The zero-order chi connectivity index (χ0) is 13.3. The zero-order valence-corrected chi connectivity index (χ0v) is 12.7. The first-order valence-corrected chi connectivity index (χ1v) is 8.10. The Kier molecular flexibility index (Phi) is 4.01. The molecule has 2 atom stereocenters. The third-order valence-corrected chi connectivity index (χ3v) is 4.03. The van der Waals surface area contributed by atoms with E-state index in [0.717, 1.165) is 22.1 Å². The molecule has 18 heavy (non-hydrogen) atoms. The summed E-state index contributed by atoms with van der Waals surface area (Å²) in [6.45, 7) is 2.04. The van der Waals surface area contributed by atoms with E-state index in [1.807, 2.05) is 17.6 Å². The topological polar surface area (TPSA) is 73.8 Å². The average molecular weight is 331 g/mol. The number of pyridine rings is 1. The van der Waals surface area contributed by atoms with Gasteiger partial charge in [-0.05, 0) is 35.3 Å². The molecular formula is C11H15BrN4OS. The van der Waals surface area contributed by atoms with Crippen molar-refractivity contribution in [2.24, 2.45) is 0 Å². The summed E-state index contributed by atoms with van der Waals surface area (Å²) in [6.07, 6.45) is 4.22. The van der Waals surface area contributed by atoms with Crippen LogP contribution >= 0.6 is 15.9 Å². The van der Waals surface area contributed by atoms with Crippen molar-refractivity contribution in [1.82, 2.24) is 14.5 Å². The summed E-state index contributed by atoms with van der Waals surface area (Å²) in [7, 11) is -0.794. The quantitative estimate of drug-likeness (QED) is 0.931. The van der Waals surface area contributed by atoms with Gasteiger partial charge in [0.15, 0.2) is 5.65 Å². The maximum atomic E-state index is 11.1. The number of nitrogens with zero attached hydrogens (tertiary/aromatic N) is 3. The van der Waals surface area contributed by atoms with E-state index in [1.54, 1.807) is 12.5 Å². The van der Waals surface area contributed by atoms with Crippen molar-refractivity contribution in [1.29, 1.82) is 0 Å². The molecule has 2 heterocycles. The lowest BCUT2D eigenvalue weighted by molar-refractivity contribution is 0.549. The lowest BCUT2D eigenvalue weighted by Gasteiger charge is -2.14. The largest absolute Gasteiger partial charge is 0.369 e. The molecule has 2 rings (SSSR count). The second kappa shape index (κ2) is 5.36. The SMILES string of the molecule is CC(CCS(C)=O)n1c(N)nc2cc(Br)cnc21. The highest BCUT2D eigenvalue weighted by Crippen LogP contribution is 2.24. The molecule has 0 saturated heterocycles. The minimum atomic E-state index is -0.794. The van der Waals surface area contributed by atoms with Crippen molar-refractivity contribution in [3.8, 4) is 0 Å². The van der Waals surface area contributed by atoms with Gasteiger partial charge in [-0.15, -0.1) is 0 Å². The van der Waals surface area contributed by atoms with E-state index in [4.69, 9.17) is 5.73 Å². The number of imidazole rings is 1. The molecule has 0 aliphatic carbocycles. The average Bonchev–Trinajstić information content (AvgIpc) is 2.61. The summed E-state index contributed by atoms with van der Waals surface area (Å²) >= 11 is 3.36. The Hall–Kier alpha value is -0.950. The van der Waals surface area contributed by atoms with Crippen LogP contribution in [0.3, 0.4) is 0 Å². The maximum Gasteiger partial charge on any atom is 0.202 e. The summed E-state index contributed by atoms with van der Waals surface area (Å²) in [4.78, 5) is 8.64. The number of anilines is 1. The maximum absolute atomic E-state index is 11.1. The summed E-state index contributed by atoms with van der Waals surface area (Å²) in [6, 6.07) is 2.02. The van der Waals surface area contributed by atoms with Gasteiger partial charge in [-0.25, -0.2) is 9.97 Å². The number of aromatic nitrogens is 3. The fourth-order valence-electron chi connectivity index (χ4n) is 1.88. The Balaban J connectivity index is 2.37. The first-order valence-electron chi connectivity index (χ1n) is 5.58. The Morgan fingerprint density at radius 1 is 1.61 bits per heavy atom. The van der Waals surface area contributed by atoms with Crippen LogP contribution in [0.5, 0.6) is 0 Å². The van der Waals surface area contributed by atoms with Crippen LogP contribution in [0.25, 0.3) is 11.2 Å². The molecule has 7 heteroatoms. The standard InChI is InChI=1S/C11H15BrN4OS/c1-7(3-4-18(2)17)16-10-9(15-11(16)13)5-8(12)6-14-10/h5-7H,3-4H2,1-2H3,(H2,13,15). The summed E-state index contributed by atoms with van der Waals surface area (Å²) in [5, 5.41) is 0. The first kappa shape index (κ1) is 13.5. The molecule has 0 saturated carbocycles. The van der Waals surface area contributed by atoms with Crippen molar-refractivity contribution in [3.63, 3.8) is 0 Å². The van der Waals surface area contributed by atoms with E-state index in [2.05, 4.69) is 25.9 Å². The van der Waals surface area contributed by atoms with E-state index in [0.29, 0.717) is 11.7 Å². The molecule has 0 aromatic carbocycles. The number of rotatable bonds is 4. The zero-order valence-electron chi connectivity index (χ0n) is 10.3. The van der Waals surface area contributed by atoms with Crippen LogP contribution in [0.15, 0.2) is 16.7 Å². The molecule has 0 amide bonds. The van der Waals surface area contributed by atoms with Crippen molar-refractivity contribution < 1.29 is 4.21 Å². The van der Waals surface area contributed by atoms with E-state index >= 15 is 0 Å². The molecule has 5 nitrogen and oxygen atoms in total. The third kappa shape index (κ3) is 2.72. The van der Waals surface area contributed by atoms with E-state index in [9.17, 15) is 4.21 Å². The molecule has 0 fully saturated rings. The third-order valence-electron chi connectivity index (χ3n) is 2.79. The van der Waals surface area contributed by atoms with Crippen LogP contribution in [0, 0.1) is 0 Å². The van der Waals surface area contributed by atoms with Gasteiger partial charge < -0.3 is 5.73 Å². The highest BCUT2D eigenvalue weighted by Gasteiger charge is 2.15. The van der Waals surface area contributed by atoms with E-state index in [1.165, 1.54) is 0 Å². The van der Waals surface area contributed by atoms with Gasteiger partial charge in [0.05, 0.1) is 0 Å². The highest BCUT2D eigenvalue weighted by molar-refractivity contribution is 9.10. The normalized spacial score (nSPS) is 14.8. The minimum absolute atomic E-state index is 0.132. The Morgan fingerprint density at radius 3 is 3.00 bits per heavy atom. The number of hydrogen-bond donors (Lipinski definition) is 1. The fourth-order valence-corrected chi connectivity index (χ4v) is 2.87. The highest BCUT2D eigenvalue weighted by atomic mass is 79.9. The number of nitrogen functional groups attached to an aromatic ring is 1. The Morgan fingerprint density at radius 2 is 2.33 bits per heavy atom. The smallest absolute Gasteiger partial charge is 0.202 e. The monoisotopic (exact) mass is 330 g/mol. The van der Waals surface area contributed by atoms with E-state index < -0.39 is 10.8 Å². The predicted molar refractivity (Wildman–Crippen MR) is 77.9 cm³/mol. The van der Waals surface area contributed by atoms with Crippen molar-refractivity contribution in [2.45, 2.75) is 19.4 Å². The van der Waals surface area contributed by atoms with Crippen molar-refractivity contribution >= 4 is 43.8 Å². The number of hydrogen-bond acceptors (Lipinski definition) is 4. The molecular weight excluding hydrogens is 316 g/mol. The molecule has 2 N–H and O–H groups in total. The van der Waals surface area contributed by atoms with Crippen molar-refractivity contribution in [2.75, 3.05) is 17.7 Å². The van der Waals surface area contributed by atoms with Crippen LogP contribution < -0.4 is 5.73 Å². The molecule has 0 aliphatic heterocycles. The molecule has 0 bridgehead atoms. The van der Waals surface area contributed by atoms with Crippen LogP contribution in [0.1, 0.15) is 19.4 Å². The first-order chi connectivity index (χ1) is 8.49. The van der Waals surface area contributed by atoms with Crippen LogP contribution in [-0.2, 0) is 10.8 Å². The van der Waals surface area contributed by atoms with Gasteiger partial charge in [0.2, 0.25) is 5.95 Å². The number of halogens is 1. The second-order valence-corrected chi connectivity index (χ2v) is 6.72. The molecule has 98 valence electrons. The van der Waals surface area contributed by atoms with Gasteiger partial charge in [0.1, 0.15) is 5.52 Å². The lowest BCUT2D eigenvalue weighted by atomic mass is 10.2. The van der Waals surface area contributed by atoms with Gasteiger partial charge >= 0.3 is 0 Å². The Labute approximate surface area is 116 Å². The number of nitrogens with two attached hydrogens (primary N) is 1. The summed E-state index contributed by atoms with van der Waals surface area (Å²) in [5.74, 6) is 1.10. The molecule has 2 unspecified atom stereocenters. The van der Waals surface area contributed by atoms with Gasteiger partial charge in [-0.1, -0.05) is 0 Å². The number of fused-ring (bicyclic) bond motifs is 1. The van der Waals surface area contributed by atoms with Gasteiger partial charge in [0, 0.05) is 39.5 Å². The molecule has 0 spiro atoms. The van der Waals surface area contributed by atoms with E-state index in [-0.39, 0.29) is 6.04 Å². The Bertz CT molecular complexity index is 598. The van der Waals surface area contributed by atoms with Crippen LogP contribution in [0.4, 0.5) is 5.95 Å². The van der Waals surface area contributed by atoms with Gasteiger partial charge in [-0.2, -0.15) is 0 Å². The second-order valence-electron chi connectivity index (χ2n) is 4.25. The predicted octanol–water partition coefficient (Wildman–Crippen LogP) is 2.11. The van der Waals surface area contributed by atoms with Crippen LogP contribution in [-0.4, -0.2) is 30.8 Å². The molecule has 2 aromatic rings. The summed E-state index contributed by atoms with van der Waals surface area (Å²) in [5.41, 5.74) is 7.47. The lowest BCUT2D eigenvalue weighted by Crippen LogP contribution is -2.12. The minimum Gasteiger partial charge on any atom is -0.369 e. The summed E-state index contributed by atoms with van der Waals surface area (Å²) < 4.78 is 13.9.